The molecular weight excluding hydrogens is 599 g/mol. The van der Waals surface area contributed by atoms with Crippen LogP contribution in [0.15, 0.2) is 180 Å². The molecule has 4 nitrogen and oxygen atoms in total. The van der Waals surface area contributed by atoms with Crippen LogP contribution in [-0.4, -0.2) is 9.55 Å². The first-order chi connectivity index (χ1) is 24.3. The van der Waals surface area contributed by atoms with Crippen molar-refractivity contribution in [1.29, 1.82) is 0 Å². The molecule has 0 radical (unpaired) electrons. The molecule has 0 saturated heterocycles. The Bertz CT molecular complexity index is 2820. The van der Waals surface area contributed by atoms with Gasteiger partial charge in [-0.25, -0.2) is 4.98 Å². The molecule has 0 unspecified atom stereocenters. The van der Waals surface area contributed by atoms with Crippen LogP contribution in [0.25, 0.3) is 71.6 Å². The van der Waals surface area contributed by atoms with Gasteiger partial charge in [0.05, 0.1) is 11.0 Å². The van der Waals surface area contributed by atoms with Gasteiger partial charge < -0.3 is 13.9 Å². The lowest BCUT2D eigenvalue weighted by Gasteiger charge is -2.26. The van der Waals surface area contributed by atoms with E-state index in [1.165, 1.54) is 21.8 Å². The fourth-order valence-corrected chi connectivity index (χ4v) is 7.34. The minimum atomic E-state index is 0.635. The molecule has 0 atom stereocenters. The summed E-state index contributed by atoms with van der Waals surface area (Å²) in [5.74, 6) is 0.635. The van der Waals surface area contributed by atoms with E-state index in [4.69, 9.17) is 9.40 Å². The minimum Gasteiger partial charge on any atom is -0.435 e. The molecule has 2 heterocycles. The van der Waals surface area contributed by atoms with Crippen LogP contribution in [0.5, 0.6) is 0 Å². The third-order valence-corrected chi connectivity index (χ3v) is 9.56. The number of rotatable bonds is 5. The third-order valence-electron chi connectivity index (χ3n) is 9.56. The highest BCUT2D eigenvalue weighted by Gasteiger charge is 2.19. The molecule has 49 heavy (non-hydrogen) atoms. The van der Waals surface area contributed by atoms with E-state index in [0.29, 0.717) is 5.89 Å². The highest BCUT2D eigenvalue weighted by molar-refractivity contribution is 6.18. The predicted octanol–water partition coefficient (Wildman–Crippen LogP) is 12.4. The van der Waals surface area contributed by atoms with Crippen molar-refractivity contribution in [2.24, 2.45) is 0 Å². The maximum atomic E-state index is 6.48. The van der Waals surface area contributed by atoms with Crippen LogP contribution in [-0.2, 0) is 0 Å². The second kappa shape index (κ2) is 11.0. The zero-order valence-electron chi connectivity index (χ0n) is 26.5. The zero-order valence-corrected chi connectivity index (χ0v) is 26.5. The van der Waals surface area contributed by atoms with Gasteiger partial charge in [-0.05, 0) is 89.0 Å². The molecule has 8 aromatic carbocycles. The van der Waals surface area contributed by atoms with Crippen LogP contribution in [0.4, 0.5) is 17.1 Å². The molecule has 0 amide bonds. The number of fused-ring (bicyclic) bond motifs is 8. The fourth-order valence-electron chi connectivity index (χ4n) is 7.34. The number of hydrogen-bond acceptors (Lipinski definition) is 3. The third kappa shape index (κ3) is 4.42. The molecule has 0 aliphatic carbocycles. The van der Waals surface area contributed by atoms with Crippen LogP contribution in [0, 0.1) is 0 Å². The Morgan fingerprint density at radius 3 is 1.92 bits per heavy atom. The summed E-state index contributed by atoms with van der Waals surface area (Å²) < 4.78 is 8.85. The number of para-hydroxylation sites is 3. The van der Waals surface area contributed by atoms with Gasteiger partial charge in [0, 0.05) is 44.5 Å². The van der Waals surface area contributed by atoms with E-state index in [2.05, 4.69) is 155 Å². The SMILES string of the molecule is c1ccc(-c2nc3ccc4ccc5cc(N(c6ccccc6)c6ccc7c8ccccc8n(-c8ccccc8)c7c6)ccc5c4c3o2)cc1. The molecule has 0 saturated carbocycles. The van der Waals surface area contributed by atoms with Crippen LogP contribution in [0.1, 0.15) is 0 Å². The number of anilines is 3. The van der Waals surface area contributed by atoms with Crippen molar-refractivity contribution in [2.75, 3.05) is 4.90 Å². The fraction of sp³-hybridized carbons (Fsp3) is 0. The molecule has 10 rings (SSSR count). The van der Waals surface area contributed by atoms with Crippen molar-refractivity contribution < 1.29 is 4.42 Å². The normalized spacial score (nSPS) is 11.7. The van der Waals surface area contributed by atoms with Gasteiger partial charge in [-0.15, -0.1) is 0 Å². The Hall–Kier alpha value is -6.65. The van der Waals surface area contributed by atoms with Crippen molar-refractivity contribution in [3.63, 3.8) is 0 Å². The molecule has 0 aliphatic rings. The Morgan fingerprint density at radius 1 is 0.469 bits per heavy atom. The van der Waals surface area contributed by atoms with Gasteiger partial charge in [0.1, 0.15) is 5.52 Å². The van der Waals surface area contributed by atoms with E-state index in [1.54, 1.807) is 0 Å². The maximum Gasteiger partial charge on any atom is 0.227 e. The van der Waals surface area contributed by atoms with Crippen molar-refractivity contribution >= 4 is 71.5 Å². The second-order valence-corrected chi connectivity index (χ2v) is 12.4. The Labute approximate surface area is 282 Å². The van der Waals surface area contributed by atoms with Crippen molar-refractivity contribution in [1.82, 2.24) is 9.55 Å². The maximum absolute atomic E-state index is 6.48. The van der Waals surface area contributed by atoms with Crippen LogP contribution in [0.3, 0.4) is 0 Å². The first kappa shape index (κ1) is 27.5. The molecule has 10 aromatic rings. The van der Waals surface area contributed by atoms with Gasteiger partial charge >= 0.3 is 0 Å². The van der Waals surface area contributed by atoms with Gasteiger partial charge in [-0.1, -0.05) is 103 Å². The monoisotopic (exact) mass is 627 g/mol. The van der Waals surface area contributed by atoms with Crippen molar-refractivity contribution in [3.05, 3.63) is 176 Å². The minimum absolute atomic E-state index is 0.635. The lowest BCUT2D eigenvalue weighted by Crippen LogP contribution is -2.10. The topological polar surface area (TPSA) is 34.2 Å². The van der Waals surface area contributed by atoms with E-state index in [0.717, 1.165) is 61.0 Å². The Balaban J connectivity index is 1.18. The number of hydrogen-bond donors (Lipinski definition) is 0. The van der Waals surface area contributed by atoms with Gasteiger partial charge in [0.15, 0.2) is 5.58 Å². The quantitative estimate of drug-likeness (QED) is 0.178. The summed E-state index contributed by atoms with van der Waals surface area (Å²) in [6, 6.07) is 62.1. The van der Waals surface area contributed by atoms with Gasteiger partial charge in [-0.3, -0.25) is 0 Å². The molecule has 0 fully saturated rings. The average molecular weight is 628 g/mol. The number of benzene rings is 8. The molecule has 4 heteroatoms. The standard InChI is InChI=1S/C45H29N3O/c1-4-12-31(13-5-1)45-46-40-27-22-30-20-21-32-28-35(23-25-37(32)43(30)44(40)49-45)47(33-14-6-2-7-15-33)36-24-26-39-38-18-10-11-19-41(38)48(42(39)29-36)34-16-8-3-9-17-34/h1-29H. The Kier molecular flexibility index (Phi) is 6.15. The average Bonchev–Trinajstić information content (AvgIpc) is 3.75. The molecule has 230 valence electrons. The van der Waals surface area contributed by atoms with Crippen LogP contribution < -0.4 is 4.90 Å². The highest BCUT2D eigenvalue weighted by Crippen LogP contribution is 2.42. The summed E-state index contributed by atoms with van der Waals surface area (Å²) in [5, 5.41) is 6.95. The van der Waals surface area contributed by atoms with E-state index in [9.17, 15) is 0 Å². The van der Waals surface area contributed by atoms with E-state index >= 15 is 0 Å². The predicted molar refractivity (Wildman–Crippen MR) is 203 cm³/mol. The van der Waals surface area contributed by atoms with Crippen molar-refractivity contribution in [2.45, 2.75) is 0 Å². The lowest BCUT2D eigenvalue weighted by atomic mass is 10.00. The summed E-state index contributed by atoms with van der Waals surface area (Å²) in [6.07, 6.45) is 0. The molecule has 0 spiro atoms. The summed E-state index contributed by atoms with van der Waals surface area (Å²) in [4.78, 5) is 7.20. The second-order valence-electron chi connectivity index (χ2n) is 12.4. The van der Waals surface area contributed by atoms with E-state index in [-0.39, 0.29) is 0 Å². The highest BCUT2D eigenvalue weighted by atomic mass is 16.3. The number of oxazole rings is 1. The van der Waals surface area contributed by atoms with Crippen molar-refractivity contribution in [3.8, 4) is 17.1 Å². The summed E-state index contributed by atoms with van der Waals surface area (Å²) in [6.45, 7) is 0. The lowest BCUT2D eigenvalue weighted by molar-refractivity contribution is 0.623. The molecule has 0 bridgehead atoms. The largest absolute Gasteiger partial charge is 0.435 e. The molecule has 0 aliphatic heterocycles. The van der Waals surface area contributed by atoms with Crippen LogP contribution >= 0.6 is 0 Å². The smallest absolute Gasteiger partial charge is 0.227 e. The summed E-state index contributed by atoms with van der Waals surface area (Å²) in [5.41, 5.74) is 9.40. The van der Waals surface area contributed by atoms with Gasteiger partial charge in [0.2, 0.25) is 5.89 Å². The van der Waals surface area contributed by atoms with Gasteiger partial charge in [0.25, 0.3) is 0 Å². The van der Waals surface area contributed by atoms with Crippen LogP contribution in [0.2, 0.25) is 0 Å². The van der Waals surface area contributed by atoms with E-state index in [1.807, 2.05) is 30.3 Å². The zero-order chi connectivity index (χ0) is 32.3. The first-order valence-electron chi connectivity index (χ1n) is 16.6. The number of aromatic nitrogens is 2. The summed E-state index contributed by atoms with van der Waals surface area (Å²) in [7, 11) is 0. The van der Waals surface area contributed by atoms with Gasteiger partial charge in [-0.2, -0.15) is 0 Å². The first-order valence-corrected chi connectivity index (χ1v) is 16.6. The molecule has 2 aromatic heterocycles. The molecular formula is C45H29N3O. The summed E-state index contributed by atoms with van der Waals surface area (Å²) >= 11 is 0. The van der Waals surface area contributed by atoms with E-state index < -0.39 is 0 Å². The number of nitrogens with zero attached hydrogens (tertiary/aromatic N) is 3. The molecule has 0 N–H and O–H groups in total. The Morgan fingerprint density at radius 2 is 1.10 bits per heavy atom.